The molecule has 0 aliphatic carbocycles. The number of amides is 1. The number of ether oxygens (including phenoxy) is 2. The normalized spacial score (nSPS) is 11.9. The number of hydrogen-bond acceptors (Lipinski definition) is 5. The molecule has 0 fully saturated rings. The molecule has 6 nitrogen and oxygen atoms in total. The number of aromatic amines is 1. The number of para-hydroxylation sites is 2. The smallest absolute Gasteiger partial charge is 0.266 e. The van der Waals surface area contributed by atoms with Crippen LogP contribution in [0.25, 0.3) is 12.2 Å². The molecule has 148 valence electrons. The van der Waals surface area contributed by atoms with Gasteiger partial charge in [-0.25, -0.2) is 0 Å². The van der Waals surface area contributed by atoms with Crippen LogP contribution in [-0.2, 0) is 4.79 Å². The molecule has 2 aromatic carbocycles. The zero-order valence-corrected chi connectivity index (χ0v) is 16.6. The molecule has 0 bridgehead atoms. The number of carbonyl (C=O) groups is 1. The van der Waals surface area contributed by atoms with Crippen LogP contribution in [0.4, 0.5) is 5.69 Å². The average molecular weight is 408 g/mol. The lowest BCUT2D eigenvalue weighted by molar-refractivity contribution is -0.110. The van der Waals surface area contributed by atoms with Crippen LogP contribution in [-0.4, -0.2) is 24.6 Å². The summed E-state index contributed by atoms with van der Waals surface area (Å²) in [5.41, 5.74) is 1.16. The number of thiazole rings is 1. The largest absolute Gasteiger partial charge is 0.495 e. The van der Waals surface area contributed by atoms with E-state index in [0.29, 0.717) is 27.2 Å². The Morgan fingerprint density at radius 3 is 2.69 bits per heavy atom. The zero-order chi connectivity index (χ0) is 20.6. The molecule has 0 aliphatic heterocycles. The Morgan fingerprint density at radius 2 is 1.97 bits per heavy atom. The van der Waals surface area contributed by atoms with Crippen LogP contribution in [0.3, 0.4) is 0 Å². The number of carbonyl (C=O) groups excluding carboxylic acids is 1. The van der Waals surface area contributed by atoms with E-state index < -0.39 is 0 Å². The van der Waals surface area contributed by atoms with Crippen LogP contribution in [0, 0.1) is 0 Å². The van der Waals surface area contributed by atoms with E-state index >= 15 is 0 Å². The first-order chi connectivity index (χ1) is 14.1. The Labute approximate surface area is 171 Å². The highest BCUT2D eigenvalue weighted by atomic mass is 32.1. The molecular weight excluding hydrogens is 388 g/mol. The SMILES string of the molecule is C=CCOc1ccc(/C=c2/s/c(=C/C(=O)Nc3ccccc3OC)[nH]c2=O)cc1. The maximum atomic E-state index is 12.3. The van der Waals surface area contributed by atoms with Gasteiger partial charge in [-0.05, 0) is 35.9 Å². The van der Waals surface area contributed by atoms with E-state index in [1.807, 2.05) is 30.3 Å². The second kappa shape index (κ2) is 9.57. The van der Waals surface area contributed by atoms with Crippen molar-refractivity contribution in [3.05, 3.63) is 86.3 Å². The third-order valence-electron chi connectivity index (χ3n) is 3.85. The molecule has 0 radical (unpaired) electrons. The van der Waals surface area contributed by atoms with Crippen molar-refractivity contribution in [2.75, 3.05) is 19.0 Å². The average Bonchev–Trinajstić information content (AvgIpc) is 3.06. The van der Waals surface area contributed by atoms with Crippen molar-refractivity contribution in [3.8, 4) is 11.5 Å². The van der Waals surface area contributed by atoms with Gasteiger partial charge in [0, 0.05) is 6.08 Å². The number of methoxy groups -OCH3 is 1. The van der Waals surface area contributed by atoms with Gasteiger partial charge in [0.1, 0.15) is 22.8 Å². The van der Waals surface area contributed by atoms with Gasteiger partial charge in [-0.15, -0.1) is 11.3 Å². The van der Waals surface area contributed by atoms with Crippen LogP contribution >= 0.6 is 11.3 Å². The molecule has 0 aliphatic rings. The van der Waals surface area contributed by atoms with Crippen LogP contribution in [0.5, 0.6) is 11.5 Å². The van der Waals surface area contributed by atoms with E-state index in [4.69, 9.17) is 9.47 Å². The van der Waals surface area contributed by atoms with Gasteiger partial charge < -0.3 is 19.8 Å². The fourth-order valence-electron chi connectivity index (χ4n) is 2.53. The molecular formula is C22H20N2O4S. The Balaban J connectivity index is 1.80. The van der Waals surface area contributed by atoms with E-state index in [-0.39, 0.29) is 11.5 Å². The molecule has 0 spiro atoms. The Hall–Kier alpha value is -3.58. The van der Waals surface area contributed by atoms with Gasteiger partial charge in [0.05, 0.1) is 17.3 Å². The van der Waals surface area contributed by atoms with Crippen molar-refractivity contribution < 1.29 is 14.3 Å². The standard InChI is InChI=1S/C22H20N2O4S/c1-3-12-28-16-10-8-15(9-11-16)13-19-22(26)24-21(29-19)14-20(25)23-17-6-4-5-7-18(17)27-2/h3-11,13-14H,1,12H2,2H3,(H,23,25)(H,24,26)/b19-13+,21-14+. The summed E-state index contributed by atoms with van der Waals surface area (Å²) in [7, 11) is 1.53. The van der Waals surface area contributed by atoms with Gasteiger partial charge in [0.25, 0.3) is 11.5 Å². The number of aromatic nitrogens is 1. The van der Waals surface area contributed by atoms with Crippen LogP contribution in [0.1, 0.15) is 5.56 Å². The highest BCUT2D eigenvalue weighted by molar-refractivity contribution is 7.07. The summed E-state index contributed by atoms with van der Waals surface area (Å²) in [5.74, 6) is 0.926. The van der Waals surface area contributed by atoms with Gasteiger partial charge in [0.2, 0.25) is 0 Å². The first-order valence-corrected chi connectivity index (χ1v) is 9.61. The van der Waals surface area contributed by atoms with Crippen molar-refractivity contribution in [2.24, 2.45) is 0 Å². The summed E-state index contributed by atoms with van der Waals surface area (Å²) in [6, 6.07) is 14.5. The van der Waals surface area contributed by atoms with Crippen molar-refractivity contribution >= 4 is 35.1 Å². The first kappa shape index (κ1) is 20.2. The summed E-state index contributed by atoms with van der Waals surface area (Å²) < 4.78 is 11.6. The fraction of sp³-hybridized carbons (Fsp3) is 0.0909. The fourth-order valence-corrected chi connectivity index (χ4v) is 3.41. The number of hydrogen-bond donors (Lipinski definition) is 2. The molecule has 0 atom stereocenters. The third-order valence-corrected chi connectivity index (χ3v) is 4.82. The van der Waals surface area contributed by atoms with Gasteiger partial charge in [0.15, 0.2) is 0 Å². The predicted octanol–water partition coefficient (Wildman–Crippen LogP) is 2.26. The van der Waals surface area contributed by atoms with Crippen molar-refractivity contribution in [1.82, 2.24) is 4.98 Å². The molecule has 0 saturated carbocycles. The summed E-state index contributed by atoms with van der Waals surface area (Å²) >= 11 is 1.21. The predicted molar refractivity (Wildman–Crippen MR) is 116 cm³/mol. The van der Waals surface area contributed by atoms with E-state index in [1.165, 1.54) is 24.5 Å². The van der Waals surface area contributed by atoms with Gasteiger partial charge in [-0.1, -0.05) is 36.9 Å². The molecule has 7 heteroatoms. The molecule has 3 aromatic rings. The van der Waals surface area contributed by atoms with E-state index in [9.17, 15) is 9.59 Å². The maximum Gasteiger partial charge on any atom is 0.266 e. The third kappa shape index (κ3) is 5.46. The molecule has 2 N–H and O–H groups in total. The van der Waals surface area contributed by atoms with Gasteiger partial charge in [-0.2, -0.15) is 0 Å². The Kier molecular flexibility index (Phi) is 6.65. The van der Waals surface area contributed by atoms with Crippen LogP contribution < -0.4 is 29.5 Å². The van der Waals surface area contributed by atoms with Crippen molar-refractivity contribution in [1.29, 1.82) is 0 Å². The quantitative estimate of drug-likeness (QED) is 0.588. The summed E-state index contributed by atoms with van der Waals surface area (Å²) in [5, 5.41) is 2.75. The molecule has 0 saturated heterocycles. The van der Waals surface area contributed by atoms with E-state index in [2.05, 4.69) is 16.9 Å². The summed E-state index contributed by atoms with van der Waals surface area (Å²) in [6.45, 7) is 4.04. The van der Waals surface area contributed by atoms with E-state index in [1.54, 1.807) is 30.4 Å². The topological polar surface area (TPSA) is 80.4 Å². The lowest BCUT2D eigenvalue weighted by atomic mass is 10.2. The molecule has 0 unspecified atom stereocenters. The van der Waals surface area contributed by atoms with Gasteiger partial charge >= 0.3 is 0 Å². The van der Waals surface area contributed by atoms with Gasteiger partial charge in [-0.3, -0.25) is 9.59 Å². The number of H-pyrrole nitrogens is 1. The highest BCUT2D eigenvalue weighted by Crippen LogP contribution is 2.22. The minimum atomic E-state index is -0.359. The minimum Gasteiger partial charge on any atom is -0.495 e. The Morgan fingerprint density at radius 1 is 1.21 bits per heavy atom. The molecule has 3 rings (SSSR count). The molecule has 1 amide bonds. The van der Waals surface area contributed by atoms with Crippen LogP contribution in [0.15, 0.2) is 66.0 Å². The van der Waals surface area contributed by atoms with Crippen LogP contribution in [0.2, 0.25) is 0 Å². The minimum absolute atomic E-state index is 0.252. The zero-order valence-electron chi connectivity index (χ0n) is 15.8. The monoisotopic (exact) mass is 408 g/mol. The number of nitrogens with one attached hydrogen (secondary N) is 2. The number of anilines is 1. The second-order valence-electron chi connectivity index (χ2n) is 5.93. The van der Waals surface area contributed by atoms with Crippen molar-refractivity contribution in [2.45, 2.75) is 0 Å². The Bertz CT molecular complexity index is 1180. The van der Waals surface area contributed by atoms with Crippen molar-refractivity contribution in [3.63, 3.8) is 0 Å². The molecule has 1 heterocycles. The molecule has 29 heavy (non-hydrogen) atoms. The summed E-state index contributed by atoms with van der Waals surface area (Å²) in [4.78, 5) is 27.2. The highest BCUT2D eigenvalue weighted by Gasteiger charge is 2.05. The first-order valence-electron chi connectivity index (χ1n) is 8.79. The lowest BCUT2D eigenvalue weighted by Crippen LogP contribution is -2.20. The summed E-state index contributed by atoms with van der Waals surface area (Å²) in [6.07, 6.45) is 4.78. The van der Waals surface area contributed by atoms with E-state index in [0.717, 1.165) is 11.3 Å². The molecule has 1 aromatic heterocycles. The number of benzene rings is 2. The number of rotatable bonds is 7. The lowest BCUT2D eigenvalue weighted by Gasteiger charge is -2.07. The second-order valence-corrected chi connectivity index (χ2v) is 7.02. The maximum absolute atomic E-state index is 12.3.